The highest BCUT2D eigenvalue weighted by Crippen LogP contribution is 2.31. The molecule has 0 atom stereocenters. The molecule has 90 valence electrons. The van der Waals surface area contributed by atoms with Crippen molar-refractivity contribution < 1.29 is 17.6 Å². The summed E-state index contributed by atoms with van der Waals surface area (Å²) in [6.07, 6.45) is -2.75. The van der Waals surface area contributed by atoms with Gasteiger partial charge >= 0.3 is 6.18 Å². The third-order valence-electron chi connectivity index (χ3n) is 2.14. The van der Waals surface area contributed by atoms with E-state index in [0.29, 0.717) is 6.54 Å². The molecule has 1 N–H and O–H groups in total. The second-order valence-corrected chi connectivity index (χ2v) is 3.47. The highest BCUT2D eigenvalue weighted by molar-refractivity contribution is 5.47. The van der Waals surface area contributed by atoms with E-state index in [1.165, 1.54) is 0 Å². The molecule has 1 aromatic carbocycles. The monoisotopic (exact) mass is 235 g/mol. The number of hydrogen-bond acceptors (Lipinski definition) is 1. The number of nitrogens with one attached hydrogen (secondary N) is 1. The van der Waals surface area contributed by atoms with Crippen LogP contribution in [0.3, 0.4) is 0 Å². The summed E-state index contributed by atoms with van der Waals surface area (Å²) in [6.45, 7) is 2.42. The maximum Gasteiger partial charge on any atom is 0.416 e. The molecule has 1 aromatic rings. The summed E-state index contributed by atoms with van der Waals surface area (Å²) in [6, 6.07) is 2.36. The molecule has 0 aliphatic heterocycles. The maximum absolute atomic E-state index is 13.2. The Morgan fingerprint density at radius 1 is 1.25 bits per heavy atom. The lowest BCUT2D eigenvalue weighted by molar-refractivity contribution is -0.137. The van der Waals surface area contributed by atoms with E-state index >= 15 is 0 Å². The van der Waals surface area contributed by atoms with Gasteiger partial charge in [0.25, 0.3) is 0 Å². The first kappa shape index (κ1) is 12.8. The fraction of sp³-hybridized carbons (Fsp3) is 0.455. The fourth-order valence-corrected chi connectivity index (χ4v) is 1.24. The van der Waals surface area contributed by atoms with Gasteiger partial charge in [0.1, 0.15) is 5.82 Å². The molecule has 0 fully saturated rings. The minimum Gasteiger partial charge on any atom is -0.383 e. The number of anilines is 1. The predicted molar refractivity (Wildman–Crippen MR) is 54.8 cm³/mol. The second-order valence-electron chi connectivity index (χ2n) is 3.47. The fourth-order valence-electron chi connectivity index (χ4n) is 1.24. The van der Waals surface area contributed by atoms with Crippen LogP contribution in [0.4, 0.5) is 23.2 Å². The van der Waals surface area contributed by atoms with Crippen LogP contribution in [0.15, 0.2) is 18.2 Å². The van der Waals surface area contributed by atoms with Crippen molar-refractivity contribution in [3.63, 3.8) is 0 Å². The molecule has 0 heterocycles. The number of hydrogen-bond donors (Lipinski definition) is 1. The molecule has 0 spiro atoms. The zero-order chi connectivity index (χ0) is 12.2. The SMILES string of the molecule is CCCCNc1cc(C(F)(F)F)ccc1F. The smallest absolute Gasteiger partial charge is 0.383 e. The Morgan fingerprint density at radius 2 is 1.94 bits per heavy atom. The van der Waals surface area contributed by atoms with Gasteiger partial charge in [-0.3, -0.25) is 0 Å². The van der Waals surface area contributed by atoms with Gasteiger partial charge in [0.2, 0.25) is 0 Å². The number of unbranched alkanes of at least 4 members (excludes halogenated alkanes) is 1. The Morgan fingerprint density at radius 3 is 2.50 bits per heavy atom. The standard InChI is InChI=1S/C11H13F4N/c1-2-3-6-16-10-7-8(11(13,14)15)4-5-9(10)12/h4-5,7,16H,2-3,6H2,1H3. The summed E-state index contributed by atoms with van der Waals surface area (Å²) in [5.74, 6) is -0.663. The van der Waals surface area contributed by atoms with Crippen LogP contribution in [0.2, 0.25) is 0 Å². The first-order chi connectivity index (χ1) is 7.45. The third kappa shape index (κ3) is 3.40. The van der Waals surface area contributed by atoms with Gasteiger partial charge in [0.05, 0.1) is 11.3 Å². The van der Waals surface area contributed by atoms with Gasteiger partial charge in [-0.1, -0.05) is 13.3 Å². The first-order valence-electron chi connectivity index (χ1n) is 5.05. The van der Waals surface area contributed by atoms with Crippen LogP contribution in [0.5, 0.6) is 0 Å². The van der Waals surface area contributed by atoms with Crippen molar-refractivity contribution in [1.29, 1.82) is 0 Å². The Labute approximate surface area is 91.5 Å². The van der Waals surface area contributed by atoms with Gasteiger partial charge in [-0.15, -0.1) is 0 Å². The zero-order valence-corrected chi connectivity index (χ0v) is 8.87. The third-order valence-corrected chi connectivity index (χ3v) is 2.14. The molecule has 16 heavy (non-hydrogen) atoms. The van der Waals surface area contributed by atoms with E-state index < -0.39 is 17.6 Å². The van der Waals surface area contributed by atoms with Crippen molar-refractivity contribution in [1.82, 2.24) is 0 Å². The number of rotatable bonds is 4. The van der Waals surface area contributed by atoms with E-state index in [1.807, 2.05) is 6.92 Å². The number of alkyl halides is 3. The summed E-state index contributed by atoms with van der Waals surface area (Å²) in [5, 5.41) is 2.65. The van der Waals surface area contributed by atoms with Crippen molar-refractivity contribution in [3.8, 4) is 0 Å². The molecule has 0 saturated heterocycles. The summed E-state index contributed by atoms with van der Waals surface area (Å²) in [5.41, 5.74) is -0.934. The Kier molecular flexibility index (Phi) is 4.15. The molecule has 0 radical (unpaired) electrons. The molecule has 1 nitrogen and oxygen atoms in total. The van der Waals surface area contributed by atoms with Gasteiger partial charge in [0, 0.05) is 6.54 Å². The molecule has 0 aliphatic rings. The molecule has 0 bridgehead atoms. The normalized spacial score (nSPS) is 11.6. The summed E-state index contributed by atoms with van der Waals surface area (Å²) in [7, 11) is 0. The maximum atomic E-state index is 13.2. The van der Waals surface area contributed by atoms with E-state index in [0.717, 1.165) is 31.0 Å². The summed E-state index contributed by atoms with van der Waals surface area (Å²) < 4.78 is 50.2. The molecule has 0 aliphatic carbocycles. The van der Waals surface area contributed by atoms with Crippen molar-refractivity contribution in [3.05, 3.63) is 29.6 Å². The average Bonchev–Trinajstić information content (AvgIpc) is 2.19. The van der Waals surface area contributed by atoms with Crippen LogP contribution in [-0.2, 0) is 6.18 Å². The highest BCUT2D eigenvalue weighted by atomic mass is 19.4. The Bertz CT molecular complexity index is 346. The Hall–Kier alpha value is -1.26. The van der Waals surface area contributed by atoms with E-state index in [-0.39, 0.29) is 5.69 Å². The van der Waals surface area contributed by atoms with Crippen LogP contribution >= 0.6 is 0 Å². The predicted octanol–water partition coefficient (Wildman–Crippen LogP) is 4.06. The molecule has 0 amide bonds. The first-order valence-corrected chi connectivity index (χ1v) is 5.05. The van der Waals surface area contributed by atoms with Crippen molar-refractivity contribution in [2.24, 2.45) is 0 Å². The van der Waals surface area contributed by atoms with E-state index in [2.05, 4.69) is 5.32 Å². The van der Waals surface area contributed by atoms with Crippen LogP contribution in [0.1, 0.15) is 25.3 Å². The second kappa shape index (κ2) is 5.18. The lowest BCUT2D eigenvalue weighted by Gasteiger charge is -2.11. The van der Waals surface area contributed by atoms with Gasteiger partial charge in [-0.2, -0.15) is 13.2 Å². The van der Waals surface area contributed by atoms with Gasteiger partial charge < -0.3 is 5.32 Å². The van der Waals surface area contributed by atoms with E-state index in [9.17, 15) is 17.6 Å². The number of halogens is 4. The van der Waals surface area contributed by atoms with Crippen molar-refractivity contribution >= 4 is 5.69 Å². The largest absolute Gasteiger partial charge is 0.416 e. The topological polar surface area (TPSA) is 12.0 Å². The summed E-state index contributed by atoms with van der Waals surface area (Å²) >= 11 is 0. The minimum atomic E-state index is -4.44. The van der Waals surface area contributed by atoms with Gasteiger partial charge in [-0.25, -0.2) is 4.39 Å². The van der Waals surface area contributed by atoms with Gasteiger partial charge in [0.15, 0.2) is 0 Å². The number of benzene rings is 1. The quantitative estimate of drug-likeness (QED) is 0.613. The van der Waals surface area contributed by atoms with E-state index in [1.54, 1.807) is 0 Å². The summed E-state index contributed by atoms with van der Waals surface area (Å²) in [4.78, 5) is 0. The minimum absolute atomic E-state index is 0.0942. The molecule has 5 heteroatoms. The van der Waals surface area contributed by atoms with Crippen molar-refractivity contribution in [2.45, 2.75) is 25.9 Å². The average molecular weight is 235 g/mol. The molecule has 0 aromatic heterocycles. The molecular formula is C11H13F4N. The molecule has 0 saturated carbocycles. The van der Waals surface area contributed by atoms with Crippen LogP contribution in [0.25, 0.3) is 0 Å². The highest BCUT2D eigenvalue weighted by Gasteiger charge is 2.31. The van der Waals surface area contributed by atoms with Gasteiger partial charge in [-0.05, 0) is 24.6 Å². The molecule has 0 unspecified atom stereocenters. The Balaban J connectivity index is 2.83. The van der Waals surface area contributed by atoms with Crippen LogP contribution in [-0.4, -0.2) is 6.54 Å². The molecule has 1 rings (SSSR count). The zero-order valence-electron chi connectivity index (χ0n) is 8.87. The lowest BCUT2D eigenvalue weighted by Crippen LogP contribution is -2.08. The lowest BCUT2D eigenvalue weighted by atomic mass is 10.2. The van der Waals surface area contributed by atoms with Crippen molar-refractivity contribution in [2.75, 3.05) is 11.9 Å². The van der Waals surface area contributed by atoms with Crippen LogP contribution in [0, 0.1) is 5.82 Å². The van der Waals surface area contributed by atoms with E-state index in [4.69, 9.17) is 0 Å². The van der Waals surface area contributed by atoms with Crippen LogP contribution < -0.4 is 5.32 Å². The molecular weight excluding hydrogens is 222 g/mol.